The number of nitriles is 1. The Kier molecular flexibility index (Phi) is 3.20. The molecule has 0 atom stereocenters. The van der Waals surface area contributed by atoms with Crippen molar-refractivity contribution in [3.63, 3.8) is 0 Å². The lowest BCUT2D eigenvalue weighted by Crippen LogP contribution is -2.20. The van der Waals surface area contributed by atoms with Gasteiger partial charge < -0.3 is 16.2 Å². The number of hydrogen-bond donors (Lipinski definition) is 2. The van der Waals surface area contributed by atoms with Crippen LogP contribution in [0, 0.1) is 11.3 Å². The van der Waals surface area contributed by atoms with Crippen LogP contribution >= 0.6 is 0 Å². The van der Waals surface area contributed by atoms with Gasteiger partial charge in [-0.1, -0.05) is 0 Å². The lowest BCUT2D eigenvalue weighted by Gasteiger charge is -2.12. The lowest BCUT2D eigenvalue weighted by atomic mass is 10.1. The average Bonchev–Trinajstić information content (AvgIpc) is 2.19. The number of rotatable bonds is 2. The molecular weight excluding hydrogens is 225 g/mol. The highest BCUT2D eigenvalue weighted by Gasteiger charge is 2.33. The van der Waals surface area contributed by atoms with Crippen LogP contribution in [0.2, 0.25) is 0 Å². The fourth-order valence-electron chi connectivity index (χ4n) is 1.05. The zero-order valence-electron chi connectivity index (χ0n) is 7.88. The third kappa shape index (κ3) is 2.52. The first-order valence-electron chi connectivity index (χ1n) is 4.02. The Hall–Kier alpha value is -2.01. The molecule has 4 N–H and O–H groups in total. The molecule has 0 aliphatic carbocycles. The Morgan fingerprint density at radius 3 is 2.56 bits per heavy atom. The van der Waals surface area contributed by atoms with Gasteiger partial charge in [-0.15, -0.1) is 13.2 Å². The van der Waals surface area contributed by atoms with Crippen molar-refractivity contribution in [2.24, 2.45) is 5.73 Å². The second kappa shape index (κ2) is 4.24. The molecule has 0 amide bonds. The molecule has 0 aliphatic heterocycles. The monoisotopic (exact) mass is 232 g/mol. The van der Waals surface area contributed by atoms with Gasteiger partial charge >= 0.3 is 6.36 Å². The smallest absolute Gasteiger partial charge is 0.394 e. The zero-order valence-corrected chi connectivity index (χ0v) is 7.88. The molecule has 0 saturated carbocycles. The highest BCUT2D eigenvalue weighted by atomic mass is 19.4. The molecule has 1 rings (SSSR count). The minimum absolute atomic E-state index is 0.0227. The summed E-state index contributed by atoms with van der Waals surface area (Å²) in [5.74, 6) is -0.799. The van der Waals surface area contributed by atoms with Crippen LogP contribution in [0.3, 0.4) is 0 Å². The lowest BCUT2D eigenvalue weighted by molar-refractivity contribution is -0.275. The highest BCUT2D eigenvalue weighted by molar-refractivity contribution is 5.60. The molecule has 0 saturated heterocycles. The van der Waals surface area contributed by atoms with Crippen LogP contribution in [-0.4, -0.2) is 11.3 Å². The molecule has 0 unspecified atom stereocenters. The van der Waals surface area contributed by atoms with E-state index < -0.39 is 12.2 Å². The zero-order chi connectivity index (χ0) is 12.3. The van der Waals surface area contributed by atoms with Crippen LogP contribution in [0.4, 0.5) is 18.9 Å². The molecule has 0 radical (unpaired) electrons. The first-order chi connectivity index (χ1) is 7.39. The van der Waals surface area contributed by atoms with Crippen LogP contribution in [0.5, 0.6) is 5.88 Å². The maximum atomic E-state index is 11.9. The molecular formula is C8H7F3N4O. The minimum atomic E-state index is -4.89. The number of hydrogen-bond acceptors (Lipinski definition) is 5. The normalized spacial score (nSPS) is 10.9. The average molecular weight is 232 g/mol. The van der Waals surface area contributed by atoms with Crippen molar-refractivity contribution in [2.75, 3.05) is 5.73 Å². The van der Waals surface area contributed by atoms with Crippen LogP contribution < -0.4 is 16.2 Å². The predicted molar refractivity (Wildman–Crippen MR) is 47.9 cm³/mol. The van der Waals surface area contributed by atoms with Crippen LogP contribution in [0.1, 0.15) is 11.1 Å². The predicted octanol–water partition coefficient (Wildman–Crippen LogP) is 0.893. The summed E-state index contributed by atoms with van der Waals surface area (Å²) in [5, 5.41) is 8.63. The number of nitrogens with two attached hydrogens (primary N) is 2. The molecule has 0 fully saturated rings. The topological polar surface area (TPSA) is 97.9 Å². The Morgan fingerprint density at radius 1 is 1.50 bits per heavy atom. The Labute approximate surface area is 88.4 Å². The fourth-order valence-corrected chi connectivity index (χ4v) is 1.05. The summed E-state index contributed by atoms with van der Waals surface area (Å²) in [6.45, 7) is -0.175. The Bertz CT molecular complexity index is 438. The number of pyridine rings is 1. The third-order valence-corrected chi connectivity index (χ3v) is 1.73. The molecule has 0 spiro atoms. The van der Waals surface area contributed by atoms with E-state index in [1.165, 1.54) is 0 Å². The number of anilines is 1. The maximum absolute atomic E-state index is 11.9. The number of aromatic nitrogens is 1. The fraction of sp³-hybridized carbons (Fsp3) is 0.250. The summed E-state index contributed by atoms with van der Waals surface area (Å²) >= 11 is 0. The molecule has 0 aromatic carbocycles. The van der Waals surface area contributed by atoms with Gasteiger partial charge in [0.05, 0.1) is 5.56 Å². The number of nitrogens with zero attached hydrogens (tertiary/aromatic N) is 2. The maximum Gasteiger partial charge on any atom is 0.574 e. The standard InChI is InChI=1S/C8H7F3N4O/c9-8(10,11)16-7-6(14)5(2-13)4(1-12)3-15-7/h3H,2,13-14H2. The molecule has 1 heterocycles. The van der Waals surface area contributed by atoms with Crippen molar-refractivity contribution in [2.45, 2.75) is 12.9 Å². The van der Waals surface area contributed by atoms with Crippen molar-refractivity contribution in [1.29, 1.82) is 5.26 Å². The summed E-state index contributed by atoms with van der Waals surface area (Å²) in [6.07, 6.45) is -3.96. The number of halogens is 3. The summed E-state index contributed by atoms with van der Waals surface area (Å²) in [7, 11) is 0. The van der Waals surface area contributed by atoms with Crippen molar-refractivity contribution < 1.29 is 17.9 Å². The first kappa shape index (κ1) is 12.1. The van der Waals surface area contributed by atoms with E-state index in [1.807, 2.05) is 0 Å². The third-order valence-electron chi connectivity index (χ3n) is 1.73. The molecule has 86 valence electrons. The van der Waals surface area contributed by atoms with E-state index in [2.05, 4.69) is 9.72 Å². The summed E-state index contributed by atoms with van der Waals surface area (Å²) < 4.78 is 39.3. The Balaban J connectivity index is 3.20. The van der Waals surface area contributed by atoms with Gasteiger partial charge in [0, 0.05) is 18.3 Å². The van der Waals surface area contributed by atoms with Gasteiger partial charge in [0.1, 0.15) is 11.8 Å². The van der Waals surface area contributed by atoms with Crippen LogP contribution in [0.15, 0.2) is 6.20 Å². The van der Waals surface area contributed by atoms with E-state index in [9.17, 15) is 13.2 Å². The van der Waals surface area contributed by atoms with Gasteiger partial charge in [0.2, 0.25) is 5.88 Å². The van der Waals surface area contributed by atoms with Gasteiger partial charge in [0.25, 0.3) is 0 Å². The van der Waals surface area contributed by atoms with Crippen molar-refractivity contribution in [1.82, 2.24) is 4.98 Å². The van der Waals surface area contributed by atoms with E-state index in [4.69, 9.17) is 16.7 Å². The molecule has 5 nitrogen and oxygen atoms in total. The number of alkyl halides is 3. The van der Waals surface area contributed by atoms with Gasteiger partial charge in [-0.05, 0) is 0 Å². The second-order valence-corrected chi connectivity index (χ2v) is 2.73. The van der Waals surface area contributed by atoms with Gasteiger partial charge in [-0.3, -0.25) is 0 Å². The van der Waals surface area contributed by atoms with Crippen LogP contribution in [-0.2, 0) is 6.54 Å². The summed E-state index contributed by atoms with van der Waals surface area (Å²) in [5.41, 5.74) is 10.3. The quantitative estimate of drug-likeness (QED) is 0.789. The largest absolute Gasteiger partial charge is 0.574 e. The van der Waals surface area contributed by atoms with Gasteiger partial charge in [-0.2, -0.15) is 5.26 Å². The van der Waals surface area contributed by atoms with E-state index >= 15 is 0 Å². The SMILES string of the molecule is N#Cc1cnc(OC(F)(F)F)c(N)c1CN. The molecule has 1 aromatic heterocycles. The summed E-state index contributed by atoms with van der Waals surface area (Å²) in [6, 6.07) is 1.72. The molecule has 16 heavy (non-hydrogen) atoms. The van der Waals surface area contributed by atoms with Crippen molar-refractivity contribution >= 4 is 5.69 Å². The van der Waals surface area contributed by atoms with E-state index in [0.717, 1.165) is 6.20 Å². The number of ether oxygens (including phenoxy) is 1. The molecule has 0 aliphatic rings. The van der Waals surface area contributed by atoms with E-state index in [1.54, 1.807) is 6.07 Å². The van der Waals surface area contributed by atoms with Crippen molar-refractivity contribution in [3.05, 3.63) is 17.3 Å². The Morgan fingerprint density at radius 2 is 2.12 bits per heavy atom. The van der Waals surface area contributed by atoms with Gasteiger partial charge in [-0.25, -0.2) is 4.98 Å². The van der Waals surface area contributed by atoms with Gasteiger partial charge in [0.15, 0.2) is 0 Å². The minimum Gasteiger partial charge on any atom is -0.394 e. The summed E-state index contributed by atoms with van der Waals surface area (Å²) in [4.78, 5) is 3.30. The second-order valence-electron chi connectivity index (χ2n) is 2.73. The van der Waals surface area contributed by atoms with Crippen molar-refractivity contribution in [3.8, 4) is 11.9 Å². The molecule has 0 bridgehead atoms. The number of nitrogen functional groups attached to an aromatic ring is 1. The highest BCUT2D eigenvalue weighted by Crippen LogP contribution is 2.29. The first-order valence-corrected chi connectivity index (χ1v) is 4.02. The molecule has 1 aromatic rings. The van der Waals surface area contributed by atoms with E-state index in [-0.39, 0.29) is 23.4 Å². The molecule has 8 heteroatoms. The van der Waals surface area contributed by atoms with Crippen LogP contribution in [0.25, 0.3) is 0 Å². The van der Waals surface area contributed by atoms with E-state index in [0.29, 0.717) is 0 Å².